The molecule has 0 saturated carbocycles. The molecule has 1 N–H and O–H groups in total. The first-order valence-electron chi connectivity index (χ1n) is 4.40. The van der Waals surface area contributed by atoms with Crippen molar-refractivity contribution in [1.82, 2.24) is 9.97 Å². The van der Waals surface area contributed by atoms with Gasteiger partial charge in [-0.2, -0.15) is 0 Å². The standard InChI is InChI=1S/C7H8N4O5S/c1-4(2-11(14)15)17-5-6(12)8-3-9-7(5)16-10-13/h3-4H,2H2,1H3,(H,8,9,12). The lowest BCUT2D eigenvalue weighted by Crippen LogP contribution is -2.17. The minimum Gasteiger partial charge on any atom is -0.312 e. The highest BCUT2D eigenvalue weighted by molar-refractivity contribution is 8.00. The van der Waals surface area contributed by atoms with Crippen LogP contribution in [0.2, 0.25) is 0 Å². The Hall–Kier alpha value is -1.97. The monoisotopic (exact) mass is 260 g/mol. The molecule has 1 aromatic heterocycles. The van der Waals surface area contributed by atoms with Gasteiger partial charge in [0, 0.05) is 4.92 Å². The van der Waals surface area contributed by atoms with Crippen molar-refractivity contribution in [1.29, 1.82) is 0 Å². The summed E-state index contributed by atoms with van der Waals surface area (Å²) < 4.78 is 0. The van der Waals surface area contributed by atoms with Crippen molar-refractivity contribution in [3.05, 3.63) is 31.7 Å². The van der Waals surface area contributed by atoms with Crippen LogP contribution in [-0.2, 0) is 0 Å². The second kappa shape index (κ2) is 5.94. The molecule has 0 amide bonds. The van der Waals surface area contributed by atoms with Gasteiger partial charge in [0.05, 0.1) is 11.6 Å². The maximum atomic E-state index is 11.4. The quantitative estimate of drug-likeness (QED) is 0.343. The minimum atomic E-state index is -0.543. The molecule has 0 aliphatic carbocycles. The van der Waals surface area contributed by atoms with Gasteiger partial charge in [0.15, 0.2) is 5.34 Å². The van der Waals surface area contributed by atoms with E-state index in [9.17, 15) is 19.8 Å². The molecule has 1 heterocycles. The number of aromatic amines is 1. The van der Waals surface area contributed by atoms with Crippen molar-refractivity contribution >= 4 is 11.8 Å². The molecule has 1 unspecified atom stereocenters. The molecule has 1 atom stereocenters. The van der Waals surface area contributed by atoms with Crippen molar-refractivity contribution in [2.24, 2.45) is 5.34 Å². The average Bonchev–Trinajstić information content (AvgIpc) is 2.22. The maximum absolute atomic E-state index is 11.4. The number of thioether (sulfide) groups is 1. The molecule has 0 aliphatic heterocycles. The first-order valence-corrected chi connectivity index (χ1v) is 5.28. The van der Waals surface area contributed by atoms with Crippen molar-refractivity contribution < 1.29 is 9.76 Å². The van der Waals surface area contributed by atoms with Crippen LogP contribution in [0.25, 0.3) is 0 Å². The van der Waals surface area contributed by atoms with Gasteiger partial charge < -0.3 is 9.82 Å². The van der Waals surface area contributed by atoms with E-state index in [1.54, 1.807) is 6.92 Å². The SMILES string of the molecule is CC(C[N+](=O)[O-])Sc1c(ON=O)nc[nH]c1=O. The summed E-state index contributed by atoms with van der Waals surface area (Å²) in [5.41, 5.74) is -0.543. The van der Waals surface area contributed by atoms with Gasteiger partial charge in [0.2, 0.25) is 6.54 Å². The molecule has 0 bridgehead atoms. The second-order valence-electron chi connectivity index (χ2n) is 2.98. The fourth-order valence-electron chi connectivity index (χ4n) is 1.02. The zero-order valence-electron chi connectivity index (χ0n) is 8.65. The number of hydrogen-bond donors (Lipinski definition) is 1. The molecular formula is C7H8N4O5S. The van der Waals surface area contributed by atoms with E-state index in [0.717, 1.165) is 18.1 Å². The number of nitrogens with zero attached hydrogens (tertiary/aromatic N) is 3. The number of H-pyrrole nitrogens is 1. The van der Waals surface area contributed by atoms with Gasteiger partial charge in [-0.05, 0) is 6.92 Å². The topological polar surface area (TPSA) is 128 Å². The summed E-state index contributed by atoms with van der Waals surface area (Å²) in [4.78, 5) is 41.3. The Morgan fingerprint density at radius 1 is 1.76 bits per heavy atom. The van der Waals surface area contributed by atoms with Gasteiger partial charge >= 0.3 is 0 Å². The maximum Gasteiger partial charge on any atom is 0.273 e. The predicted octanol–water partition coefficient (Wildman–Crippen LogP) is 0.587. The van der Waals surface area contributed by atoms with Crippen LogP contribution in [0.15, 0.2) is 21.4 Å². The Morgan fingerprint density at radius 2 is 2.47 bits per heavy atom. The van der Waals surface area contributed by atoms with Crippen LogP contribution in [0.4, 0.5) is 0 Å². The molecule has 1 aromatic rings. The molecular weight excluding hydrogens is 252 g/mol. The number of nitro groups is 1. The predicted molar refractivity (Wildman–Crippen MR) is 58.5 cm³/mol. The molecule has 0 fully saturated rings. The smallest absolute Gasteiger partial charge is 0.273 e. The molecule has 0 radical (unpaired) electrons. The Bertz CT molecular complexity index is 476. The normalized spacial score (nSPS) is 11.8. The number of rotatable bonds is 6. The van der Waals surface area contributed by atoms with Gasteiger partial charge in [-0.15, -0.1) is 16.7 Å². The van der Waals surface area contributed by atoms with E-state index in [1.807, 2.05) is 0 Å². The lowest BCUT2D eigenvalue weighted by atomic mass is 10.5. The van der Waals surface area contributed by atoms with Crippen molar-refractivity contribution in [3.63, 3.8) is 0 Å². The van der Waals surface area contributed by atoms with Crippen LogP contribution in [0.5, 0.6) is 5.88 Å². The third kappa shape index (κ3) is 3.83. The van der Waals surface area contributed by atoms with E-state index in [-0.39, 0.29) is 17.3 Å². The summed E-state index contributed by atoms with van der Waals surface area (Å²) in [6.07, 6.45) is 1.05. The van der Waals surface area contributed by atoms with Crippen LogP contribution < -0.4 is 10.4 Å². The van der Waals surface area contributed by atoms with Crippen LogP contribution in [0, 0.1) is 15.0 Å². The van der Waals surface area contributed by atoms with Gasteiger partial charge in [-0.25, -0.2) is 4.98 Å². The van der Waals surface area contributed by atoms with Crippen LogP contribution in [-0.4, -0.2) is 26.7 Å². The largest absolute Gasteiger partial charge is 0.312 e. The highest BCUT2D eigenvalue weighted by Gasteiger charge is 2.18. The van der Waals surface area contributed by atoms with Gasteiger partial charge in [-0.3, -0.25) is 14.9 Å². The van der Waals surface area contributed by atoms with Crippen LogP contribution >= 0.6 is 11.8 Å². The molecule has 0 aromatic carbocycles. The fraction of sp³-hybridized carbons (Fsp3) is 0.429. The number of hydrogen-bond acceptors (Lipinski definition) is 8. The van der Waals surface area contributed by atoms with Gasteiger partial charge in [-0.1, -0.05) is 0 Å². The van der Waals surface area contributed by atoms with E-state index in [2.05, 4.69) is 20.1 Å². The second-order valence-corrected chi connectivity index (χ2v) is 4.42. The fourth-order valence-corrected chi connectivity index (χ4v) is 1.98. The summed E-state index contributed by atoms with van der Waals surface area (Å²) in [6, 6.07) is 0. The van der Waals surface area contributed by atoms with E-state index in [1.165, 1.54) is 0 Å². The van der Waals surface area contributed by atoms with E-state index >= 15 is 0 Å². The molecule has 9 nitrogen and oxygen atoms in total. The molecule has 0 saturated heterocycles. The summed E-state index contributed by atoms with van der Waals surface area (Å²) in [5.74, 6) is -0.260. The summed E-state index contributed by atoms with van der Waals surface area (Å²) in [6.45, 7) is 1.24. The Kier molecular flexibility index (Phi) is 4.57. The Labute approximate surface area is 98.7 Å². The summed E-state index contributed by atoms with van der Waals surface area (Å²) >= 11 is 0.893. The summed E-state index contributed by atoms with van der Waals surface area (Å²) in [5, 5.41) is 12.0. The average molecular weight is 260 g/mol. The minimum absolute atomic E-state index is 0.0125. The Balaban J connectivity index is 2.92. The number of nitrogens with one attached hydrogen (secondary N) is 1. The molecule has 17 heavy (non-hydrogen) atoms. The highest BCUT2D eigenvalue weighted by Crippen LogP contribution is 2.26. The van der Waals surface area contributed by atoms with E-state index < -0.39 is 15.7 Å². The van der Waals surface area contributed by atoms with Gasteiger partial charge in [0.1, 0.15) is 4.90 Å². The first-order chi connectivity index (χ1) is 8.04. The summed E-state index contributed by atoms with van der Waals surface area (Å²) in [7, 11) is 0. The molecule has 0 aliphatic rings. The van der Waals surface area contributed by atoms with E-state index in [4.69, 9.17) is 0 Å². The van der Waals surface area contributed by atoms with Crippen LogP contribution in [0.3, 0.4) is 0 Å². The molecule has 0 spiro atoms. The highest BCUT2D eigenvalue weighted by atomic mass is 32.2. The lowest BCUT2D eigenvalue weighted by molar-refractivity contribution is -0.478. The third-order valence-electron chi connectivity index (χ3n) is 1.63. The van der Waals surface area contributed by atoms with Crippen molar-refractivity contribution in [2.45, 2.75) is 17.1 Å². The van der Waals surface area contributed by atoms with Crippen molar-refractivity contribution in [3.8, 4) is 5.88 Å². The van der Waals surface area contributed by atoms with Crippen molar-refractivity contribution in [2.75, 3.05) is 6.54 Å². The Morgan fingerprint density at radius 3 is 3.06 bits per heavy atom. The third-order valence-corrected chi connectivity index (χ3v) is 2.77. The molecule has 1 rings (SSSR count). The molecule has 92 valence electrons. The zero-order valence-corrected chi connectivity index (χ0v) is 9.47. The van der Waals surface area contributed by atoms with Crippen LogP contribution in [0.1, 0.15) is 6.92 Å². The molecule has 10 heteroatoms. The zero-order chi connectivity index (χ0) is 12.8. The van der Waals surface area contributed by atoms with Gasteiger partial charge in [0.25, 0.3) is 11.4 Å². The first kappa shape index (κ1) is 13.1. The number of aromatic nitrogens is 2. The van der Waals surface area contributed by atoms with E-state index in [0.29, 0.717) is 0 Å². The lowest BCUT2D eigenvalue weighted by Gasteiger charge is -2.06.